The topological polar surface area (TPSA) is 0 Å². The van der Waals surface area contributed by atoms with Crippen molar-refractivity contribution in [3.05, 3.63) is 61.5 Å². The van der Waals surface area contributed by atoms with Crippen LogP contribution in [-0.2, 0) is 26.0 Å². The summed E-state index contributed by atoms with van der Waals surface area (Å²) in [4.78, 5) is 0. The van der Waals surface area contributed by atoms with E-state index in [1.54, 1.807) is 22.3 Å². The van der Waals surface area contributed by atoms with Gasteiger partial charge in [-0.25, -0.2) is 0 Å². The molecule has 2 aliphatic carbocycles. The van der Waals surface area contributed by atoms with Crippen LogP contribution in [0.5, 0.6) is 0 Å². The van der Waals surface area contributed by atoms with E-state index in [9.17, 15) is 0 Å². The average Bonchev–Trinajstić information content (AvgIpc) is 3.01. The zero-order chi connectivity index (χ0) is 18.0. The Bertz CT molecular complexity index is 846. The van der Waals surface area contributed by atoms with E-state index in [0.29, 0.717) is 2.75 Å². The first kappa shape index (κ1) is 23.4. The predicted octanol–water partition coefficient (Wildman–Crippen LogP) is 0.671. The quantitative estimate of drug-likeness (QED) is 0.540. The molecule has 1 heterocycles. The summed E-state index contributed by atoms with van der Waals surface area (Å²) >= 11 is -0.787. The third-order valence-electron chi connectivity index (χ3n) is 7.69. The minimum Gasteiger partial charge on any atom is -1.00 e. The van der Waals surface area contributed by atoms with E-state index in [0.717, 1.165) is 0 Å². The molecule has 0 spiro atoms. The smallest absolute Gasteiger partial charge is 1.00 e. The molecule has 0 N–H and O–H groups in total. The minimum atomic E-state index is -1.23. The normalized spacial score (nSPS) is 26.7. The van der Waals surface area contributed by atoms with Crippen molar-refractivity contribution in [2.75, 3.05) is 0 Å². The Morgan fingerprint density at radius 3 is 2.11 bits per heavy atom. The first-order valence-electron chi connectivity index (χ1n) is 9.70. The molecule has 0 saturated carbocycles. The fourth-order valence-electron chi connectivity index (χ4n) is 5.23. The maximum Gasteiger partial charge on any atom is -1.00 e. The Labute approximate surface area is 190 Å². The van der Waals surface area contributed by atoms with Crippen molar-refractivity contribution in [1.29, 1.82) is 0 Å². The fourth-order valence-corrected chi connectivity index (χ4v) is 18.3. The molecular weight excluding hydrogens is 466 g/mol. The van der Waals surface area contributed by atoms with Crippen molar-refractivity contribution in [3.8, 4) is 0 Å². The molecule has 3 aliphatic rings. The molecule has 1 aromatic carbocycles. The molecule has 1 atom stereocenters. The van der Waals surface area contributed by atoms with Gasteiger partial charge in [-0.05, 0) is 0 Å². The van der Waals surface area contributed by atoms with E-state index >= 15 is 0 Å². The SMILES string of the molecule is CC1=C(C)C(C)(C)[C]([Zr+2][C]2([Si]3(C)CCC3)C=Cc3ccccc32)=C1C.[Cl-].[Cl-]. The first-order chi connectivity index (χ1) is 11.7. The van der Waals surface area contributed by atoms with Gasteiger partial charge >= 0.3 is 167 Å². The zero-order valence-electron chi connectivity index (χ0n) is 17.3. The maximum atomic E-state index is 2.72. The van der Waals surface area contributed by atoms with Crippen molar-refractivity contribution < 1.29 is 48.0 Å². The second-order valence-corrected chi connectivity index (χ2v) is 19.1. The number of halogens is 2. The second kappa shape index (κ2) is 7.75. The minimum absolute atomic E-state index is 0. The van der Waals surface area contributed by atoms with Crippen LogP contribution in [0.4, 0.5) is 0 Å². The monoisotopic (exact) mass is 494 g/mol. The molecular formula is C23H30Cl2SiZr. The third-order valence-corrected chi connectivity index (χ3v) is 23.3. The summed E-state index contributed by atoms with van der Waals surface area (Å²) in [6, 6.07) is 12.4. The molecule has 0 amide bonds. The van der Waals surface area contributed by atoms with Gasteiger partial charge in [-0.2, -0.15) is 0 Å². The number of hydrogen-bond donors (Lipinski definition) is 0. The average molecular weight is 497 g/mol. The number of benzene rings is 1. The van der Waals surface area contributed by atoms with E-state index in [1.807, 2.05) is 3.28 Å². The molecule has 4 heteroatoms. The van der Waals surface area contributed by atoms with E-state index in [2.05, 4.69) is 77.6 Å². The summed E-state index contributed by atoms with van der Waals surface area (Å²) in [5, 5.41) is 0. The van der Waals surface area contributed by atoms with Crippen molar-refractivity contribution in [3.63, 3.8) is 0 Å². The molecule has 0 radical (unpaired) electrons. The summed E-state index contributed by atoms with van der Waals surface area (Å²) in [5.41, 5.74) is 8.34. The summed E-state index contributed by atoms with van der Waals surface area (Å²) in [6.45, 7) is 14.8. The summed E-state index contributed by atoms with van der Waals surface area (Å²) in [7, 11) is -1.23. The van der Waals surface area contributed by atoms with Crippen LogP contribution in [0.1, 0.15) is 52.2 Å². The van der Waals surface area contributed by atoms with Crippen LogP contribution in [0.25, 0.3) is 6.08 Å². The van der Waals surface area contributed by atoms with Gasteiger partial charge in [0.25, 0.3) is 0 Å². The molecule has 144 valence electrons. The summed E-state index contributed by atoms with van der Waals surface area (Å²) in [5.74, 6) is 0. The maximum absolute atomic E-state index is 2.72. The van der Waals surface area contributed by atoms with Crippen LogP contribution in [0, 0.1) is 5.41 Å². The van der Waals surface area contributed by atoms with Gasteiger partial charge < -0.3 is 24.8 Å². The van der Waals surface area contributed by atoms with Gasteiger partial charge in [0, 0.05) is 0 Å². The molecule has 1 unspecified atom stereocenters. The Hall–Kier alpha value is 0.120. The number of rotatable bonds is 3. The van der Waals surface area contributed by atoms with Crippen LogP contribution in [0.3, 0.4) is 0 Å². The van der Waals surface area contributed by atoms with E-state index < -0.39 is 31.3 Å². The molecule has 0 bridgehead atoms. The molecule has 27 heavy (non-hydrogen) atoms. The Balaban J connectivity index is 0.00000131. The number of hydrogen-bond acceptors (Lipinski definition) is 0. The van der Waals surface area contributed by atoms with E-state index in [4.69, 9.17) is 0 Å². The molecule has 1 aromatic rings. The summed E-state index contributed by atoms with van der Waals surface area (Å²) in [6.07, 6.45) is 6.64. The van der Waals surface area contributed by atoms with Gasteiger partial charge in [0.1, 0.15) is 0 Å². The molecule has 1 fully saturated rings. The van der Waals surface area contributed by atoms with Crippen LogP contribution in [-0.4, -0.2) is 8.07 Å². The first-order valence-corrected chi connectivity index (χ1v) is 15.1. The van der Waals surface area contributed by atoms with Crippen LogP contribution >= 0.6 is 0 Å². The fraction of sp³-hybridized carbons (Fsp3) is 0.478. The van der Waals surface area contributed by atoms with Gasteiger partial charge in [-0.3, -0.25) is 0 Å². The molecule has 4 rings (SSSR count). The van der Waals surface area contributed by atoms with Crippen molar-refractivity contribution >= 4 is 14.1 Å². The molecule has 0 aromatic heterocycles. The second-order valence-electron chi connectivity index (χ2n) is 9.14. The van der Waals surface area contributed by atoms with Crippen molar-refractivity contribution in [1.82, 2.24) is 0 Å². The molecule has 1 saturated heterocycles. The van der Waals surface area contributed by atoms with Crippen LogP contribution in [0.15, 0.2) is 50.3 Å². The van der Waals surface area contributed by atoms with Gasteiger partial charge in [-0.1, -0.05) is 0 Å². The predicted molar refractivity (Wildman–Crippen MR) is 108 cm³/mol. The van der Waals surface area contributed by atoms with Gasteiger partial charge in [0.2, 0.25) is 0 Å². The van der Waals surface area contributed by atoms with Crippen LogP contribution in [0.2, 0.25) is 18.6 Å². The Morgan fingerprint density at radius 2 is 1.59 bits per heavy atom. The van der Waals surface area contributed by atoms with Crippen molar-refractivity contribution in [2.45, 2.75) is 62.4 Å². The molecule has 1 aliphatic heterocycles. The van der Waals surface area contributed by atoms with Crippen molar-refractivity contribution in [2.24, 2.45) is 5.41 Å². The van der Waals surface area contributed by atoms with E-state index in [1.165, 1.54) is 24.1 Å². The number of allylic oxidation sites excluding steroid dienone is 5. The summed E-state index contributed by atoms with van der Waals surface area (Å²) < 4.78 is 2.34. The van der Waals surface area contributed by atoms with Crippen LogP contribution < -0.4 is 24.8 Å². The van der Waals surface area contributed by atoms with E-state index in [-0.39, 0.29) is 30.2 Å². The Morgan fingerprint density at radius 1 is 0.963 bits per heavy atom. The van der Waals surface area contributed by atoms with Gasteiger partial charge in [0.15, 0.2) is 0 Å². The zero-order valence-corrected chi connectivity index (χ0v) is 22.3. The Kier molecular flexibility index (Phi) is 6.72. The van der Waals surface area contributed by atoms with Gasteiger partial charge in [0.05, 0.1) is 0 Å². The number of fused-ring (bicyclic) bond motifs is 1. The standard InChI is InChI=1S/C13H15Si.C10H15.2ClH.Zr/c1-14(9-4-10-14)13-8-7-11-5-2-3-6-12(11)13;1-7-6-10(4,5)9(3)8(7)2;;;/h2-3,5-8H,4,9-10H2,1H3;1-5H3;2*1H;/q;;;;+2/p-2. The molecule has 0 nitrogen and oxygen atoms in total. The largest absolute Gasteiger partial charge is 1.00 e. The third kappa shape index (κ3) is 3.18. The van der Waals surface area contributed by atoms with Gasteiger partial charge in [-0.15, -0.1) is 0 Å².